The number of benzene rings is 1. The maximum atomic E-state index is 13.4. The minimum Gasteiger partial charge on any atom is -0.497 e. The van der Waals surface area contributed by atoms with E-state index >= 15 is 0 Å². The predicted octanol–water partition coefficient (Wildman–Crippen LogP) is 2.61. The van der Waals surface area contributed by atoms with Gasteiger partial charge < -0.3 is 18.8 Å². The van der Waals surface area contributed by atoms with Crippen LogP contribution in [0.3, 0.4) is 0 Å². The fourth-order valence-corrected chi connectivity index (χ4v) is 4.88. The largest absolute Gasteiger partial charge is 0.497 e. The number of aryl methyl sites for hydroxylation is 1. The Bertz CT molecular complexity index is 1140. The predicted molar refractivity (Wildman–Crippen MR) is 107 cm³/mol. The number of aromatic nitrogens is 2. The van der Waals surface area contributed by atoms with Gasteiger partial charge in [-0.25, -0.2) is 0 Å². The second-order valence-electron chi connectivity index (χ2n) is 7.92. The Morgan fingerprint density at radius 3 is 2.79 bits per heavy atom. The van der Waals surface area contributed by atoms with Gasteiger partial charge in [0.25, 0.3) is 11.5 Å². The number of carbonyl (C=O) groups is 1. The lowest BCUT2D eigenvalue weighted by atomic mass is 9.83. The monoisotopic (exact) mass is 377 g/mol. The van der Waals surface area contributed by atoms with E-state index in [0.29, 0.717) is 31.2 Å². The van der Waals surface area contributed by atoms with Gasteiger partial charge in [-0.1, -0.05) is 6.07 Å². The molecule has 1 aromatic carbocycles. The van der Waals surface area contributed by atoms with Crippen LogP contribution in [0.5, 0.6) is 5.75 Å². The zero-order valence-corrected chi connectivity index (χ0v) is 16.1. The van der Waals surface area contributed by atoms with Crippen molar-refractivity contribution in [1.82, 2.24) is 14.0 Å². The van der Waals surface area contributed by atoms with Crippen molar-refractivity contribution in [1.29, 1.82) is 0 Å². The van der Waals surface area contributed by atoms with Gasteiger partial charge in [-0.15, -0.1) is 0 Å². The van der Waals surface area contributed by atoms with E-state index in [1.807, 2.05) is 57.5 Å². The van der Waals surface area contributed by atoms with Crippen molar-refractivity contribution in [3.63, 3.8) is 0 Å². The molecule has 28 heavy (non-hydrogen) atoms. The van der Waals surface area contributed by atoms with Crippen molar-refractivity contribution >= 4 is 16.8 Å². The third-order valence-electron chi connectivity index (χ3n) is 6.24. The molecule has 144 valence electrons. The van der Waals surface area contributed by atoms with Gasteiger partial charge in [-0.05, 0) is 42.7 Å². The van der Waals surface area contributed by atoms with E-state index in [2.05, 4.69) is 0 Å². The standard InChI is InChI=1S/C22H23N3O3/c1-23-18-7-6-17(28-2)9-15(18)10-20(23)22(27)24-11-14-8-16(13-24)19-4-3-5-21(26)25(19)12-14/h3-7,9-10,14,16H,8,11-13H2,1-2H3/t14-,16+/m0/s1. The molecule has 4 heterocycles. The van der Waals surface area contributed by atoms with Crippen molar-refractivity contribution in [2.75, 3.05) is 20.2 Å². The lowest BCUT2D eigenvalue weighted by Crippen LogP contribution is -2.49. The van der Waals surface area contributed by atoms with Crippen LogP contribution in [0, 0.1) is 5.92 Å². The number of ether oxygens (including phenoxy) is 1. The molecule has 2 bridgehead atoms. The quantitative estimate of drug-likeness (QED) is 0.690. The summed E-state index contributed by atoms with van der Waals surface area (Å²) in [5, 5.41) is 0.999. The van der Waals surface area contributed by atoms with Gasteiger partial charge in [0, 0.05) is 55.3 Å². The van der Waals surface area contributed by atoms with Crippen LogP contribution in [0.1, 0.15) is 28.5 Å². The second kappa shape index (κ2) is 6.26. The van der Waals surface area contributed by atoms with E-state index in [1.54, 1.807) is 13.2 Å². The Morgan fingerprint density at radius 2 is 1.96 bits per heavy atom. The summed E-state index contributed by atoms with van der Waals surface area (Å²) in [4.78, 5) is 27.5. The molecule has 2 atom stereocenters. The van der Waals surface area contributed by atoms with Gasteiger partial charge in [-0.3, -0.25) is 9.59 Å². The first-order valence-corrected chi connectivity index (χ1v) is 9.67. The van der Waals surface area contributed by atoms with Crippen molar-refractivity contribution in [2.24, 2.45) is 13.0 Å². The number of hydrogen-bond donors (Lipinski definition) is 0. The highest BCUT2D eigenvalue weighted by Gasteiger charge is 2.37. The number of pyridine rings is 1. The first-order chi connectivity index (χ1) is 13.5. The number of amides is 1. The topological polar surface area (TPSA) is 56.5 Å². The molecule has 0 spiro atoms. The molecule has 6 heteroatoms. The van der Waals surface area contributed by atoms with Gasteiger partial charge in [0.05, 0.1) is 7.11 Å². The highest BCUT2D eigenvalue weighted by molar-refractivity contribution is 5.99. The smallest absolute Gasteiger partial charge is 0.270 e. The van der Waals surface area contributed by atoms with Crippen molar-refractivity contribution in [3.8, 4) is 5.75 Å². The third-order valence-corrected chi connectivity index (χ3v) is 6.24. The Morgan fingerprint density at radius 1 is 1.11 bits per heavy atom. The zero-order valence-electron chi connectivity index (χ0n) is 16.1. The van der Waals surface area contributed by atoms with Crippen LogP contribution in [-0.2, 0) is 13.6 Å². The Hall–Kier alpha value is -3.02. The van der Waals surface area contributed by atoms with E-state index in [4.69, 9.17) is 4.74 Å². The van der Waals surface area contributed by atoms with Crippen molar-refractivity contribution in [2.45, 2.75) is 18.9 Å². The molecule has 3 aromatic rings. The molecule has 2 aliphatic heterocycles. The van der Waals surface area contributed by atoms with Crippen LogP contribution in [0.2, 0.25) is 0 Å². The molecule has 2 aromatic heterocycles. The lowest BCUT2D eigenvalue weighted by Gasteiger charge is -2.42. The summed E-state index contributed by atoms with van der Waals surface area (Å²) in [6.07, 6.45) is 1.04. The van der Waals surface area contributed by atoms with E-state index in [0.717, 1.165) is 28.8 Å². The number of nitrogens with zero attached hydrogens (tertiary/aromatic N) is 3. The van der Waals surface area contributed by atoms with E-state index in [-0.39, 0.29) is 17.4 Å². The summed E-state index contributed by atoms with van der Waals surface area (Å²) >= 11 is 0. The fraction of sp³-hybridized carbons (Fsp3) is 0.364. The maximum absolute atomic E-state index is 13.4. The molecule has 0 saturated carbocycles. The van der Waals surface area contributed by atoms with Gasteiger partial charge in [0.15, 0.2) is 0 Å². The normalized spacial score (nSPS) is 20.9. The molecule has 1 amide bonds. The first-order valence-electron chi connectivity index (χ1n) is 9.67. The third kappa shape index (κ3) is 2.55. The van der Waals surface area contributed by atoms with Gasteiger partial charge in [-0.2, -0.15) is 0 Å². The SMILES string of the molecule is COc1ccc2c(c1)cc(C(=O)N1C[C@@H]3C[C@H](C1)c1cccc(=O)n1C3)n2C. The van der Waals surface area contributed by atoms with Crippen LogP contribution in [0.15, 0.2) is 47.3 Å². The number of hydrogen-bond acceptors (Lipinski definition) is 3. The van der Waals surface area contributed by atoms with Crippen LogP contribution in [0.4, 0.5) is 0 Å². The molecule has 0 unspecified atom stereocenters. The minimum atomic E-state index is 0.0547. The Labute approximate surface area is 162 Å². The van der Waals surface area contributed by atoms with E-state index in [9.17, 15) is 9.59 Å². The summed E-state index contributed by atoms with van der Waals surface area (Å²) in [5.74, 6) is 1.39. The van der Waals surface area contributed by atoms with Crippen molar-refractivity contribution in [3.05, 3.63) is 64.2 Å². The average Bonchev–Trinajstić information content (AvgIpc) is 3.04. The number of piperidine rings is 1. The Kier molecular flexibility index (Phi) is 3.82. The minimum absolute atomic E-state index is 0.0547. The van der Waals surface area contributed by atoms with Crippen LogP contribution >= 0.6 is 0 Å². The van der Waals surface area contributed by atoms with E-state index in [1.165, 1.54) is 0 Å². The van der Waals surface area contributed by atoms with Gasteiger partial charge >= 0.3 is 0 Å². The molecule has 5 rings (SSSR count). The average molecular weight is 377 g/mol. The number of methoxy groups -OCH3 is 1. The summed E-state index contributed by atoms with van der Waals surface area (Å²) in [6.45, 7) is 2.05. The number of rotatable bonds is 2. The molecule has 0 N–H and O–H groups in total. The zero-order chi connectivity index (χ0) is 19.4. The highest BCUT2D eigenvalue weighted by Crippen LogP contribution is 2.36. The van der Waals surface area contributed by atoms with Gasteiger partial charge in [0.2, 0.25) is 0 Å². The molecule has 1 fully saturated rings. The van der Waals surface area contributed by atoms with E-state index < -0.39 is 0 Å². The van der Waals surface area contributed by atoms with Crippen molar-refractivity contribution < 1.29 is 9.53 Å². The lowest BCUT2D eigenvalue weighted by molar-refractivity contribution is 0.0585. The Balaban J connectivity index is 1.48. The summed E-state index contributed by atoms with van der Waals surface area (Å²) in [5.41, 5.74) is 2.82. The summed E-state index contributed by atoms with van der Waals surface area (Å²) < 4.78 is 9.16. The number of likely N-dealkylation sites (tertiary alicyclic amines) is 1. The summed E-state index contributed by atoms with van der Waals surface area (Å²) in [7, 11) is 3.58. The van der Waals surface area contributed by atoms with Crippen LogP contribution < -0.4 is 10.3 Å². The molecule has 0 radical (unpaired) electrons. The first kappa shape index (κ1) is 17.1. The molecule has 2 aliphatic rings. The van der Waals surface area contributed by atoms with Gasteiger partial charge in [0.1, 0.15) is 11.4 Å². The molecule has 1 saturated heterocycles. The second-order valence-corrected chi connectivity index (χ2v) is 7.92. The van der Waals surface area contributed by atoms with Crippen LogP contribution in [-0.4, -0.2) is 40.1 Å². The van der Waals surface area contributed by atoms with Crippen LogP contribution in [0.25, 0.3) is 10.9 Å². The molecule has 0 aliphatic carbocycles. The fourth-order valence-electron chi connectivity index (χ4n) is 4.88. The molecular formula is C22H23N3O3. The number of fused-ring (bicyclic) bond motifs is 5. The highest BCUT2D eigenvalue weighted by atomic mass is 16.5. The summed E-state index contributed by atoms with van der Waals surface area (Å²) in [6, 6.07) is 13.3. The molecule has 6 nitrogen and oxygen atoms in total. The number of carbonyl (C=O) groups excluding carboxylic acids is 1. The molecular weight excluding hydrogens is 354 g/mol. The maximum Gasteiger partial charge on any atom is 0.270 e.